The number of hydrogen-bond acceptors (Lipinski definition) is 4. The maximum absolute atomic E-state index is 12.7. The van der Waals surface area contributed by atoms with Gasteiger partial charge in [-0.2, -0.15) is 0 Å². The lowest BCUT2D eigenvalue weighted by atomic mass is 9.94. The highest BCUT2D eigenvalue weighted by Crippen LogP contribution is 2.43. The first kappa shape index (κ1) is 19.8. The molecule has 0 fully saturated rings. The third kappa shape index (κ3) is 3.27. The molecule has 0 saturated heterocycles. The van der Waals surface area contributed by atoms with Crippen molar-refractivity contribution in [3.63, 3.8) is 0 Å². The third-order valence-electron chi connectivity index (χ3n) is 5.43. The summed E-state index contributed by atoms with van der Waals surface area (Å²) in [6.07, 6.45) is 0. The maximum atomic E-state index is 12.7. The van der Waals surface area contributed by atoms with Crippen LogP contribution in [0.3, 0.4) is 0 Å². The van der Waals surface area contributed by atoms with Gasteiger partial charge < -0.3 is 15.2 Å². The molecule has 5 rings (SSSR count). The van der Waals surface area contributed by atoms with Gasteiger partial charge in [-0.1, -0.05) is 72.8 Å². The number of aromatic nitrogens is 1. The zero-order chi connectivity index (χ0) is 22.2. The van der Waals surface area contributed by atoms with Crippen molar-refractivity contribution in [1.29, 1.82) is 0 Å². The minimum Gasteiger partial charge on any atom is -0.506 e. The van der Waals surface area contributed by atoms with E-state index in [9.17, 15) is 19.8 Å². The van der Waals surface area contributed by atoms with E-state index in [1.165, 1.54) is 11.3 Å². The Balaban J connectivity index is 1.75. The van der Waals surface area contributed by atoms with E-state index in [0.717, 1.165) is 11.1 Å². The number of aromatic carboxylic acids is 1. The summed E-state index contributed by atoms with van der Waals surface area (Å²) in [7, 11) is 0. The Morgan fingerprint density at radius 3 is 2.12 bits per heavy atom. The number of carboxylic acids is 1. The van der Waals surface area contributed by atoms with E-state index in [0.29, 0.717) is 26.9 Å². The molecule has 2 heterocycles. The zero-order valence-corrected chi connectivity index (χ0v) is 17.5. The number of carboxylic acid groups (broad SMARTS) is 1. The standard InChI is InChI=1S/C26H17NO4S/c28-23-21(16-9-5-2-6-10-16)24(29)27-25-22(23)20(14-32-25)18-12-11-17(13-19(18)26(30)31)15-7-3-1-4-8-15/h1-14H,(H,30,31)(H2,27,28,29). The number of thiophene rings is 1. The van der Waals surface area contributed by atoms with Crippen molar-refractivity contribution >= 4 is 27.5 Å². The largest absolute Gasteiger partial charge is 0.506 e. The summed E-state index contributed by atoms with van der Waals surface area (Å²) >= 11 is 1.25. The Morgan fingerprint density at radius 2 is 1.47 bits per heavy atom. The normalized spacial score (nSPS) is 11.0. The van der Waals surface area contributed by atoms with E-state index < -0.39 is 11.5 Å². The minimum absolute atomic E-state index is 0.123. The number of H-pyrrole nitrogens is 1. The zero-order valence-electron chi connectivity index (χ0n) is 16.7. The molecule has 5 aromatic rings. The van der Waals surface area contributed by atoms with Gasteiger partial charge in [-0.25, -0.2) is 4.79 Å². The van der Waals surface area contributed by atoms with E-state index in [1.54, 1.807) is 41.8 Å². The molecular formula is C26H17NO4S. The van der Waals surface area contributed by atoms with Crippen molar-refractivity contribution in [3.8, 4) is 39.1 Å². The molecule has 0 spiro atoms. The van der Waals surface area contributed by atoms with Crippen LogP contribution >= 0.6 is 11.3 Å². The number of pyridine rings is 1. The molecule has 0 amide bonds. The van der Waals surface area contributed by atoms with Gasteiger partial charge in [-0.05, 0) is 28.3 Å². The Bertz CT molecular complexity index is 1520. The average Bonchev–Trinajstić information content (AvgIpc) is 3.24. The van der Waals surface area contributed by atoms with Crippen LogP contribution in [0.15, 0.2) is 89.0 Å². The van der Waals surface area contributed by atoms with Gasteiger partial charge in [-0.15, -0.1) is 11.3 Å². The fourth-order valence-corrected chi connectivity index (χ4v) is 4.88. The van der Waals surface area contributed by atoms with Gasteiger partial charge in [0.1, 0.15) is 10.6 Å². The molecule has 6 heteroatoms. The van der Waals surface area contributed by atoms with Crippen LogP contribution in [-0.2, 0) is 0 Å². The molecule has 0 atom stereocenters. The highest BCUT2D eigenvalue weighted by Gasteiger charge is 2.22. The summed E-state index contributed by atoms with van der Waals surface area (Å²) in [5.41, 5.74) is 3.21. The van der Waals surface area contributed by atoms with Crippen LogP contribution in [-0.4, -0.2) is 21.2 Å². The van der Waals surface area contributed by atoms with E-state index in [4.69, 9.17) is 0 Å². The SMILES string of the molecule is O=C(O)c1cc(-c2ccccc2)ccc1-c1csc2[nH]c(=O)c(-c3ccccc3)c(O)c12. The van der Waals surface area contributed by atoms with Gasteiger partial charge in [0, 0.05) is 10.9 Å². The van der Waals surface area contributed by atoms with Crippen LogP contribution in [0.2, 0.25) is 0 Å². The van der Waals surface area contributed by atoms with E-state index in [-0.39, 0.29) is 16.9 Å². The first-order valence-electron chi connectivity index (χ1n) is 9.89. The number of benzene rings is 3. The fraction of sp³-hybridized carbons (Fsp3) is 0. The molecule has 3 N–H and O–H groups in total. The predicted octanol–water partition coefficient (Wildman–Crippen LogP) is 5.99. The number of carbonyl (C=O) groups is 1. The van der Waals surface area contributed by atoms with Crippen molar-refractivity contribution in [2.75, 3.05) is 0 Å². The predicted molar refractivity (Wildman–Crippen MR) is 127 cm³/mol. The van der Waals surface area contributed by atoms with Gasteiger partial charge >= 0.3 is 5.97 Å². The molecule has 0 aliphatic carbocycles. The number of hydrogen-bond donors (Lipinski definition) is 3. The van der Waals surface area contributed by atoms with Crippen molar-refractivity contribution in [2.45, 2.75) is 0 Å². The first-order valence-corrected chi connectivity index (χ1v) is 10.8. The Kier molecular flexibility index (Phi) is 4.84. The van der Waals surface area contributed by atoms with E-state index in [1.807, 2.05) is 42.5 Å². The second-order valence-electron chi connectivity index (χ2n) is 7.33. The van der Waals surface area contributed by atoms with E-state index >= 15 is 0 Å². The molecule has 0 bridgehead atoms. The van der Waals surface area contributed by atoms with Crippen molar-refractivity contribution < 1.29 is 15.0 Å². The molecule has 5 nitrogen and oxygen atoms in total. The van der Waals surface area contributed by atoms with Crippen LogP contribution in [0.25, 0.3) is 43.6 Å². The third-order valence-corrected chi connectivity index (χ3v) is 6.32. The monoisotopic (exact) mass is 439 g/mol. The molecular weight excluding hydrogens is 422 g/mol. The van der Waals surface area contributed by atoms with Crippen LogP contribution in [0.4, 0.5) is 0 Å². The lowest BCUT2D eigenvalue weighted by molar-refractivity contribution is 0.0698. The molecule has 0 saturated carbocycles. The Hall–Kier alpha value is -4.16. The molecule has 0 radical (unpaired) electrons. The summed E-state index contributed by atoms with van der Waals surface area (Å²) in [6.45, 7) is 0. The second kappa shape index (κ2) is 7.83. The van der Waals surface area contributed by atoms with E-state index in [2.05, 4.69) is 4.98 Å². The number of nitrogens with one attached hydrogen (secondary N) is 1. The molecule has 0 unspecified atom stereocenters. The number of aromatic amines is 1. The topological polar surface area (TPSA) is 90.4 Å². The quantitative estimate of drug-likeness (QED) is 0.321. The highest BCUT2D eigenvalue weighted by molar-refractivity contribution is 7.17. The van der Waals surface area contributed by atoms with Gasteiger partial charge in [0.05, 0.1) is 16.5 Å². The molecule has 0 aliphatic heterocycles. The average molecular weight is 439 g/mol. The minimum atomic E-state index is -1.07. The summed E-state index contributed by atoms with van der Waals surface area (Å²) in [5, 5.41) is 23.2. The summed E-state index contributed by atoms with van der Waals surface area (Å²) in [6, 6.07) is 23.7. The molecule has 3 aromatic carbocycles. The van der Waals surface area contributed by atoms with Crippen molar-refractivity contribution in [1.82, 2.24) is 4.98 Å². The summed E-state index contributed by atoms with van der Waals surface area (Å²) in [5.74, 6) is -1.22. The van der Waals surface area contributed by atoms with Crippen molar-refractivity contribution in [2.24, 2.45) is 0 Å². The molecule has 32 heavy (non-hydrogen) atoms. The number of aromatic hydroxyl groups is 1. The Morgan fingerprint density at radius 1 is 0.812 bits per heavy atom. The van der Waals surface area contributed by atoms with Crippen LogP contribution in [0.1, 0.15) is 10.4 Å². The lowest BCUT2D eigenvalue weighted by Gasteiger charge is -2.11. The first-order chi connectivity index (χ1) is 15.5. The second-order valence-corrected chi connectivity index (χ2v) is 8.21. The number of rotatable bonds is 4. The van der Waals surface area contributed by atoms with Crippen molar-refractivity contribution in [3.05, 3.63) is 100 Å². The molecule has 156 valence electrons. The smallest absolute Gasteiger partial charge is 0.336 e. The van der Waals surface area contributed by atoms with Gasteiger partial charge in [0.2, 0.25) is 0 Å². The molecule has 2 aromatic heterocycles. The van der Waals surface area contributed by atoms with Gasteiger partial charge in [0.25, 0.3) is 5.56 Å². The number of fused-ring (bicyclic) bond motifs is 1. The van der Waals surface area contributed by atoms with Crippen LogP contribution in [0, 0.1) is 0 Å². The molecule has 0 aliphatic rings. The van der Waals surface area contributed by atoms with Crippen LogP contribution < -0.4 is 5.56 Å². The summed E-state index contributed by atoms with van der Waals surface area (Å²) < 4.78 is 0. The van der Waals surface area contributed by atoms with Gasteiger partial charge in [0.15, 0.2) is 0 Å². The maximum Gasteiger partial charge on any atom is 0.336 e. The Labute approximate surface area is 186 Å². The highest BCUT2D eigenvalue weighted by atomic mass is 32.1. The summed E-state index contributed by atoms with van der Waals surface area (Å²) in [4.78, 5) is 28.1. The lowest BCUT2D eigenvalue weighted by Crippen LogP contribution is -2.08. The fourth-order valence-electron chi connectivity index (χ4n) is 3.92. The van der Waals surface area contributed by atoms with Crippen LogP contribution in [0.5, 0.6) is 5.75 Å². The van der Waals surface area contributed by atoms with Gasteiger partial charge in [-0.3, -0.25) is 4.79 Å².